The Hall–Kier alpha value is -2.25. The predicted molar refractivity (Wildman–Crippen MR) is 88.3 cm³/mol. The van der Waals surface area contributed by atoms with Crippen LogP contribution in [-0.4, -0.2) is 40.1 Å². The highest BCUT2D eigenvalue weighted by Gasteiger charge is 2.19. The van der Waals surface area contributed by atoms with Crippen LogP contribution in [0, 0.1) is 0 Å². The molecule has 5 nitrogen and oxygen atoms in total. The number of benzene rings is 1. The Morgan fingerprint density at radius 3 is 2.83 bits per heavy atom. The maximum absolute atomic E-state index is 12.6. The fourth-order valence-corrected chi connectivity index (χ4v) is 3.33. The van der Waals surface area contributed by atoms with Gasteiger partial charge in [-0.2, -0.15) is 5.10 Å². The lowest BCUT2D eigenvalue weighted by Gasteiger charge is -2.10. The predicted octanol–water partition coefficient (Wildman–Crippen LogP) is 2.36. The SMILES string of the molecule is Cn1nc(-c2ccccc2)c2cc(C(=O)N[C@H](CO)CF)sc21. The van der Waals surface area contributed by atoms with Crippen LogP contribution in [0.5, 0.6) is 0 Å². The third-order valence-corrected chi connectivity index (χ3v) is 4.73. The number of thiophene rings is 1. The number of hydrogen-bond donors (Lipinski definition) is 2. The molecular weight excluding hydrogens is 317 g/mol. The minimum atomic E-state index is -0.876. The number of carbonyl (C=O) groups excluding carboxylic acids is 1. The Morgan fingerprint density at radius 1 is 1.43 bits per heavy atom. The van der Waals surface area contributed by atoms with E-state index in [0.717, 1.165) is 21.5 Å². The second kappa shape index (κ2) is 6.47. The molecule has 1 atom stereocenters. The van der Waals surface area contributed by atoms with Gasteiger partial charge in [0, 0.05) is 18.0 Å². The highest BCUT2D eigenvalue weighted by Crippen LogP contribution is 2.33. The van der Waals surface area contributed by atoms with Gasteiger partial charge >= 0.3 is 0 Å². The van der Waals surface area contributed by atoms with Crippen molar-refractivity contribution in [3.05, 3.63) is 41.3 Å². The molecule has 0 unspecified atom stereocenters. The Balaban J connectivity index is 1.98. The maximum Gasteiger partial charge on any atom is 0.261 e. The van der Waals surface area contributed by atoms with Crippen LogP contribution in [0.2, 0.25) is 0 Å². The van der Waals surface area contributed by atoms with Gasteiger partial charge in [-0.3, -0.25) is 9.48 Å². The number of rotatable bonds is 5. The average Bonchev–Trinajstić information content (AvgIpc) is 3.14. The number of alkyl halides is 1. The largest absolute Gasteiger partial charge is 0.394 e. The molecule has 3 aromatic rings. The number of aromatic nitrogens is 2. The van der Waals surface area contributed by atoms with E-state index < -0.39 is 19.3 Å². The zero-order chi connectivity index (χ0) is 16.4. The molecule has 0 aliphatic rings. The van der Waals surface area contributed by atoms with Crippen molar-refractivity contribution in [2.24, 2.45) is 7.05 Å². The summed E-state index contributed by atoms with van der Waals surface area (Å²) in [4.78, 5) is 13.5. The lowest BCUT2D eigenvalue weighted by molar-refractivity contribution is 0.0909. The molecule has 0 saturated heterocycles. The summed E-state index contributed by atoms with van der Waals surface area (Å²) in [5.74, 6) is -0.387. The van der Waals surface area contributed by atoms with E-state index in [2.05, 4.69) is 10.4 Å². The van der Waals surface area contributed by atoms with E-state index in [9.17, 15) is 9.18 Å². The second-order valence-electron chi connectivity index (χ2n) is 5.17. The number of fused-ring (bicyclic) bond motifs is 1. The monoisotopic (exact) mass is 333 g/mol. The van der Waals surface area contributed by atoms with Crippen molar-refractivity contribution >= 4 is 27.5 Å². The quantitative estimate of drug-likeness (QED) is 0.753. The molecule has 1 aromatic carbocycles. The highest BCUT2D eigenvalue weighted by atomic mass is 32.1. The van der Waals surface area contributed by atoms with Crippen molar-refractivity contribution in [3.8, 4) is 11.3 Å². The van der Waals surface area contributed by atoms with Gasteiger partial charge in [-0.25, -0.2) is 4.39 Å². The maximum atomic E-state index is 12.6. The lowest BCUT2D eigenvalue weighted by atomic mass is 10.1. The van der Waals surface area contributed by atoms with Crippen molar-refractivity contribution in [2.75, 3.05) is 13.3 Å². The van der Waals surface area contributed by atoms with Crippen molar-refractivity contribution < 1.29 is 14.3 Å². The summed E-state index contributed by atoms with van der Waals surface area (Å²) in [6.45, 7) is -1.23. The summed E-state index contributed by atoms with van der Waals surface area (Å²) in [5.41, 5.74) is 1.78. The molecule has 0 bridgehead atoms. The molecule has 3 rings (SSSR count). The summed E-state index contributed by atoms with van der Waals surface area (Å²) in [5, 5.41) is 16.9. The van der Waals surface area contributed by atoms with Crippen LogP contribution in [0.4, 0.5) is 4.39 Å². The van der Waals surface area contributed by atoms with E-state index in [0.29, 0.717) is 4.88 Å². The number of nitrogens with one attached hydrogen (secondary N) is 1. The summed E-state index contributed by atoms with van der Waals surface area (Å²) in [6.07, 6.45) is 0. The molecule has 120 valence electrons. The minimum absolute atomic E-state index is 0.387. The van der Waals surface area contributed by atoms with Crippen LogP contribution >= 0.6 is 11.3 Å². The number of amides is 1. The zero-order valence-electron chi connectivity index (χ0n) is 12.5. The Kier molecular flexibility index (Phi) is 4.40. The van der Waals surface area contributed by atoms with E-state index in [1.54, 1.807) is 10.7 Å². The molecule has 0 aliphatic carbocycles. The zero-order valence-corrected chi connectivity index (χ0v) is 13.3. The van der Waals surface area contributed by atoms with Crippen LogP contribution in [0.3, 0.4) is 0 Å². The van der Waals surface area contributed by atoms with E-state index in [1.165, 1.54) is 11.3 Å². The number of carbonyl (C=O) groups is 1. The molecule has 1 amide bonds. The van der Waals surface area contributed by atoms with Crippen LogP contribution in [0.25, 0.3) is 21.5 Å². The molecule has 0 fully saturated rings. The highest BCUT2D eigenvalue weighted by molar-refractivity contribution is 7.20. The van der Waals surface area contributed by atoms with Gasteiger partial charge in [0.2, 0.25) is 0 Å². The van der Waals surface area contributed by atoms with Gasteiger partial charge in [0.05, 0.1) is 17.5 Å². The van der Waals surface area contributed by atoms with Crippen molar-refractivity contribution in [3.63, 3.8) is 0 Å². The fourth-order valence-electron chi connectivity index (χ4n) is 2.35. The lowest BCUT2D eigenvalue weighted by Crippen LogP contribution is -2.38. The first-order chi connectivity index (χ1) is 11.1. The van der Waals surface area contributed by atoms with Gasteiger partial charge in [0.15, 0.2) is 0 Å². The number of hydrogen-bond acceptors (Lipinski definition) is 4. The first kappa shape index (κ1) is 15.6. The van der Waals surface area contributed by atoms with Gasteiger partial charge in [-0.1, -0.05) is 30.3 Å². The van der Waals surface area contributed by atoms with Crippen LogP contribution in [0.15, 0.2) is 36.4 Å². The fraction of sp³-hybridized carbons (Fsp3) is 0.250. The molecule has 0 radical (unpaired) electrons. The van der Waals surface area contributed by atoms with E-state index in [1.807, 2.05) is 37.4 Å². The van der Waals surface area contributed by atoms with Gasteiger partial charge in [-0.05, 0) is 6.07 Å². The van der Waals surface area contributed by atoms with Gasteiger partial charge in [0.1, 0.15) is 17.2 Å². The topological polar surface area (TPSA) is 67.2 Å². The summed E-state index contributed by atoms with van der Waals surface area (Å²) in [7, 11) is 1.82. The third-order valence-electron chi connectivity index (χ3n) is 3.52. The summed E-state index contributed by atoms with van der Waals surface area (Å²) in [6, 6.07) is 10.6. The molecule has 2 heterocycles. The van der Waals surface area contributed by atoms with Crippen molar-refractivity contribution in [2.45, 2.75) is 6.04 Å². The Morgan fingerprint density at radius 2 is 2.17 bits per heavy atom. The van der Waals surface area contributed by atoms with Crippen LogP contribution < -0.4 is 5.32 Å². The summed E-state index contributed by atoms with van der Waals surface area (Å²) >= 11 is 1.29. The summed E-state index contributed by atoms with van der Waals surface area (Å²) < 4.78 is 14.4. The first-order valence-electron chi connectivity index (χ1n) is 7.13. The molecule has 2 aromatic heterocycles. The minimum Gasteiger partial charge on any atom is -0.394 e. The van der Waals surface area contributed by atoms with Gasteiger partial charge < -0.3 is 10.4 Å². The second-order valence-corrected chi connectivity index (χ2v) is 6.21. The van der Waals surface area contributed by atoms with Gasteiger partial charge in [-0.15, -0.1) is 11.3 Å². The van der Waals surface area contributed by atoms with E-state index in [-0.39, 0.29) is 5.91 Å². The van der Waals surface area contributed by atoms with Crippen LogP contribution in [0.1, 0.15) is 9.67 Å². The molecule has 0 spiro atoms. The number of nitrogens with zero attached hydrogens (tertiary/aromatic N) is 2. The van der Waals surface area contributed by atoms with Gasteiger partial charge in [0.25, 0.3) is 5.91 Å². The number of aryl methyl sites for hydroxylation is 1. The molecular formula is C16H16FN3O2S. The third kappa shape index (κ3) is 2.97. The number of aliphatic hydroxyl groups excluding tert-OH is 1. The molecule has 7 heteroatoms. The first-order valence-corrected chi connectivity index (χ1v) is 7.95. The molecule has 2 N–H and O–H groups in total. The molecule has 23 heavy (non-hydrogen) atoms. The number of aliphatic hydroxyl groups is 1. The van der Waals surface area contributed by atoms with Crippen molar-refractivity contribution in [1.82, 2.24) is 15.1 Å². The Labute approximate surface area is 136 Å². The average molecular weight is 333 g/mol. The van der Waals surface area contributed by atoms with E-state index >= 15 is 0 Å². The molecule has 0 aliphatic heterocycles. The molecule has 0 saturated carbocycles. The smallest absolute Gasteiger partial charge is 0.261 e. The standard InChI is InChI=1S/C16H16FN3O2S/c1-20-16-12(14(19-20)10-5-3-2-4-6-10)7-13(23-16)15(22)18-11(8-17)9-21/h2-7,11,21H,8-9H2,1H3,(H,18,22)/t11-/m0/s1. The van der Waals surface area contributed by atoms with E-state index in [4.69, 9.17) is 5.11 Å². The van der Waals surface area contributed by atoms with Crippen molar-refractivity contribution in [1.29, 1.82) is 0 Å². The van der Waals surface area contributed by atoms with Crippen LogP contribution in [-0.2, 0) is 7.05 Å². The Bertz CT molecular complexity index is 825. The number of halogens is 1. The normalized spacial score (nSPS) is 12.5.